The number of likely N-dealkylation sites (tertiary alicyclic amines) is 1. The van der Waals surface area contributed by atoms with E-state index in [0.29, 0.717) is 0 Å². The van der Waals surface area contributed by atoms with E-state index in [4.69, 9.17) is 4.52 Å². The van der Waals surface area contributed by atoms with E-state index in [2.05, 4.69) is 25.8 Å². The fourth-order valence-corrected chi connectivity index (χ4v) is 2.97. The summed E-state index contributed by atoms with van der Waals surface area (Å²) in [5.41, 5.74) is 2.29. The molecule has 20 heavy (non-hydrogen) atoms. The van der Waals surface area contributed by atoms with Crippen LogP contribution in [0, 0.1) is 19.8 Å². The highest BCUT2D eigenvalue weighted by Gasteiger charge is 2.21. The van der Waals surface area contributed by atoms with Gasteiger partial charge in [0.05, 0.1) is 12.0 Å². The average molecular weight is 274 g/mol. The van der Waals surface area contributed by atoms with Gasteiger partial charge in [-0.3, -0.25) is 4.90 Å². The summed E-state index contributed by atoms with van der Waals surface area (Å²) >= 11 is 0. The van der Waals surface area contributed by atoms with E-state index in [1.165, 1.54) is 18.4 Å². The fourth-order valence-electron chi connectivity index (χ4n) is 2.97. The molecular formula is C15H22N4O. The van der Waals surface area contributed by atoms with Crippen molar-refractivity contribution in [3.05, 3.63) is 35.7 Å². The molecule has 5 nitrogen and oxygen atoms in total. The number of hydrogen-bond acceptors (Lipinski definition) is 4. The summed E-state index contributed by atoms with van der Waals surface area (Å²) in [4.78, 5) is 6.62. The topological polar surface area (TPSA) is 47.1 Å². The molecule has 0 spiro atoms. The zero-order valence-electron chi connectivity index (χ0n) is 12.2. The third-order valence-electron chi connectivity index (χ3n) is 4.30. The molecule has 0 N–H and O–H groups in total. The minimum absolute atomic E-state index is 0.769. The maximum atomic E-state index is 5.24. The molecule has 0 radical (unpaired) electrons. The highest BCUT2D eigenvalue weighted by atomic mass is 16.5. The van der Waals surface area contributed by atoms with Crippen LogP contribution >= 0.6 is 0 Å². The Labute approximate surface area is 119 Å². The minimum Gasteiger partial charge on any atom is -0.361 e. The molecule has 0 bridgehead atoms. The lowest BCUT2D eigenvalue weighted by Crippen LogP contribution is -2.34. The quantitative estimate of drug-likeness (QED) is 0.859. The summed E-state index contributed by atoms with van der Waals surface area (Å²) in [7, 11) is 0. The van der Waals surface area contributed by atoms with Crippen LogP contribution in [0.4, 0.5) is 0 Å². The Hall–Kier alpha value is -1.62. The van der Waals surface area contributed by atoms with Gasteiger partial charge in [0.15, 0.2) is 0 Å². The van der Waals surface area contributed by atoms with Crippen LogP contribution < -0.4 is 0 Å². The summed E-state index contributed by atoms with van der Waals surface area (Å²) in [6.07, 6.45) is 8.32. The van der Waals surface area contributed by atoms with Gasteiger partial charge in [-0.05, 0) is 45.7 Å². The molecule has 1 aliphatic rings. The Kier molecular flexibility index (Phi) is 3.87. The van der Waals surface area contributed by atoms with Crippen LogP contribution in [-0.4, -0.2) is 32.7 Å². The normalized spacial score (nSPS) is 17.7. The van der Waals surface area contributed by atoms with Crippen molar-refractivity contribution in [2.75, 3.05) is 13.1 Å². The van der Waals surface area contributed by atoms with Gasteiger partial charge in [-0.1, -0.05) is 5.16 Å². The second-order valence-electron chi connectivity index (χ2n) is 5.78. The molecular weight excluding hydrogens is 252 g/mol. The third-order valence-corrected chi connectivity index (χ3v) is 4.30. The molecule has 1 fully saturated rings. The van der Waals surface area contributed by atoms with Crippen molar-refractivity contribution in [3.63, 3.8) is 0 Å². The fraction of sp³-hybridized carbons (Fsp3) is 0.600. The van der Waals surface area contributed by atoms with Crippen LogP contribution in [0.1, 0.15) is 29.9 Å². The predicted molar refractivity (Wildman–Crippen MR) is 76.2 cm³/mol. The summed E-state index contributed by atoms with van der Waals surface area (Å²) in [5, 5.41) is 4.03. The van der Waals surface area contributed by atoms with Crippen LogP contribution in [0.5, 0.6) is 0 Å². The van der Waals surface area contributed by atoms with Crippen molar-refractivity contribution in [2.45, 2.75) is 39.8 Å². The first-order valence-electron chi connectivity index (χ1n) is 7.32. The Bertz CT molecular complexity index is 519. The summed E-state index contributed by atoms with van der Waals surface area (Å²) in [5.74, 6) is 1.73. The van der Waals surface area contributed by atoms with Gasteiger partial charge in [0, 0.05) is 31.0 Å². The van der Waals surface area contributed by atoms with Crippen molar-refractivity contribution < 1.29 is 4.52 Å². The lowest BCUT2D eigenvalue weighted by atomic mass is 9.96. The van der Waals surface area contributed by atoms with E-state index in [1.807, 2.05) is 26.4 Å². The predicted octanol–water partition coefficient (Wildman–Crippen LogP) is 2.40. The van der Waals surface area contributed by atoms with Gasteiger partial charge in [-0.15, -0.1) is 0 Å². The highest BCUT2D eigenvalue weighted by Crippen LogP contribution is 2.22. The number of aryl methyl sites for hydroxylation is 2. The van der Waals surface area contributed by atoms with E-state index in [9.17, 15) is 0 Å². The second-order valence-corrected chi connectivity index (χ2v) is 5.78. The number of nitrogens with zero attached hydrogens (tertiary/aromatic N) is 4. The SMILES string of the molecule is Cc1noc(C)c1CN1CCC(Cn2ccnc2)CC1. The van der Waals surface area contributed by atoms with Crippen LogP contribution in [0.15, 0.2) is 23.2 Å². The summed E-state index contributed by atoms with van der Waals surface area (Å²) in [6.45, 7) is 8.41. The lowest BCUT2D eigenvalue weighted by Gasteiger charge is -2.32. The number of hydrogen-bond donors (Lipinski definition) is 0. The van der Waals surface area contributed by atoms with Crippen molar-refractivity contribution in [1.29, 1.82) is 0 Å². The van der Waals surface area contributed by atoms with E-state index in [-0.39, 0.29) is 0 Å². The second kappa shape index (κ2) is 5.79. The Balaban J connectivity index is 1.51. The summed E-state index contributed by atoms with van der Waals surface area (Å²) < 4.78 is 7.43. The first-order chi connectivity index (χ1) is 9.72. The number of piperidine rings is 1. The Morgan fingerprint density at radius 3 is 2.70 bits per heavy atom. The van der Waals surface area contributed by atoms with Crippen molar-refractivity contribution >= 4 is 0 Å². The Morgan fingerprint density at radius 1 is 1.30 bits per heavy atom. The first-order valence-corrected chi connectivity index (χ1v) is 7.32. The van der Waals surface area contributed by atoms with Gasteiger partial charge in [0.2, 0.25) is 0 Å². The van der Waals surface area contributed by atoms with E-state index in [0.717, 1.165) is 43.6 Å². The monoisotopic (exact) mass is 274 g/mol. The Morgan fingerprint density at radius 2 is 2.10 bits per heavy atom. The zero-order valence-corrected chi connectivity index (χ0v) is 12.2. The average Bonchev–Trinajstić information content (AvgIpc) is 3.06. The number of imidazole rings is 1. The van der Waals surface area contributed by atoms with Crippen molar-refractivity contribution in [1.82, 2.24) is 19.6 Å². The van der Waals surface area contributed by atoms with E-state index >= 15 is 0 Å². The number of rotatable bonds is 4. The van der Waals surface area contributed by atoms with Crippen LogP contribution in [0.3, 0.4) is 0 Å². The molecule has 0 saturated carbocycles. The smallest absolute Gasteiger partial charge is 0.138 e. The molecule has 3 rings (SSSR count). The minimum atomic E-state index is 0.769. The largest absolute Gasteiger partial charge is 0.361 e. The van der Waals surface area contributed by atoms with E-state index < -0.39 is 0 Å². The maximum absolute atomic E-state index is 5.24. The summed E-state index contributed by atoms with van der Waals surface area (Å²) in [6, 6.07) is 0. The molecule has 1 aliphatic heterocycles. The van der Waals surface area contributed by atoms with Crippen LogP contribution in [-0.2, 0) is 13.1 Å². The molecule has 0 aromatic carbocycles. The molecule has 1 saturated heterocycles. The maximum Gasteiger partial charge on any atom is 0.138 e. The van der Waals surface area contributed by atoms with Gasteiger partial charge in [0.25, 0.3) is 0 Å². The molecule has 0 unspecified atom stereocenters. The lowest BCUT2D eigenvalue weighted by molar-refractivity contribution is 0.166. The van der Waals surface area contributed by atoms with E-state index in [1.54, 1.807) is 0 Å². The van der Waals surface area contributed by atoms with Crippen LogP contribution in [0.25, 0.3) is 0 Å². The molecule has 2 aromatic heterocycles. The number of aromatic nitrogens is 3. The van der Waals surface area contributed by atoms with Crippen molar-refractivity contribution in [3.8, 4) is 0 Å². The first kappa shape index (κ1) is 13.4. The van der Waals surface area contributed by atoms with Crippen molar-refractivity contribution in [2.24, 2.45) is 5.92 Å². The highest BCUT2D eigenvalue weighted by molar-refractivity contribution is 5.20. The van der Waals surface area contributed by atoms with Crippen LogP contribution in [0.2, 0.25) is 0 Å². The third kappa shape index (κ3) is 2.93. The standard InChI is InChI=1S/C15H22N4O/c1-12-15(13(2)20-17-12)10-18-6-3-14(4-7-18)9-19-8-5-16-11-19/h5,8,11,14H,3-4,6-7,9-10H2,1-2H3. The van der Waals surface area contributed by atoms with Gasteiger partial charge in [-0.2, -0.15) is 0 Å². The molecule has 0 aliphatic carbocycles. The van der Waals surface area contributed by atoms with Gasteiger partial charge in [-0.25, -0.2) is 4.98 Å². The molecule has 5 heteroatoms. The van der Waals surface area contributed by atoms with Gasteiger partial charge < -0.3 is 9.09 Å². The molecule has 2 aromatic rings. The molecule has 3 heterocycles. The molecule has 108 valence electrons. The molecule has 0 atom stereocenters. The zero-order chi connectivity index (χ0) is 13.9. The van der Waals surface area contributed by atoms with Gasteiger partial charge >= 0.3 is 0 Å². The molecule has 0 amide bonds. The van der Waals surface area contributed by atoms with Gasteiger partial charge in [0.1, 0.15) is 5.76 Å².